The maximum absolute atomic E-state index is 14.5. The molecular formula is C59H77N8O13P. The van der Waals surface area contributed by atoms with E-state index >= 15 is 0 Å². The van der Waals surface area contributed by atoms with Crippen molar-refractivity contribution in [3.63, 3.8) is 0 Å². The van der Waals surface area contributed by atoms with Gasteiger partial charge in [0.05, 0.1) is 47.7 Å². The lowest BCUT2D eigenvalue weighted by atomic mass is 9.72. The Kier molecular flexibility index (Phi) is 21.3. The molecule has 4 aromatic carbocycles. The van der Waals surface area contributed by atoms with E-state index in [9.17, 15) is 28.5 Å². The maximum atomic E-state index is 14.5. The third kappa shape index (κ3) is 15.3. The quantitative estimate of drug-likeness (QED) is 0.0192. The normalized spacial score (nSPS) is 18.9. The molecule has 0 radical (unpaired) electrons. The predicted octanol–water partition coefficient (Wildman–Crippen LogP) is 7.52. The van der Waals surface area contributed by atoms with Crippen LogP contribution in [0.4, 0.5) is 21.0 Å². The number of nitrogens with one attached hydrogen (secondary N) is 5. The third-order valence-corrected chi connectivity index (χ3v) is 16.9. The number of benzene rings is 4. The molecular weight excluding hydrogens is 1060 g/mol. The number of urea groups is 1. The van der Waals surface area contributed by atoms with E-state index in [4.69, 9.17) is 45.5 Å². The Labute approximate surface area is 474 Å². The molecule has 22 heteroatoms. The lowest BCUT2D eigenvalue weighted by molar-refractivity contribution is -0.128. The first kappa shape index (κ1) is 61.1. The molecule has 1 fully saturated rings. The average Bonchev–Trinajstić information content (AvgIpc) is 3.50. The van der Waals surface area contributed by atoms with Gasteiger partial charge < -0.3 is 70.3 Å². The van der Waals surface area contributed by atoms with E-state index in [1.54, 1.807) is 66.6 Å². The van der Waals surface area contributed by atoms with Crippen LogP contribution in [0.15, 0.2) is 72.8 Å². The number of amides is 6. The molecule has 7 atom stereocenters. The first-order chi connectivity index (χ1) is 38.9. The number of aliphatic hydroxyl groups is 1. The number of nitrogens with zero attached hydrogens (tertiary/aromatic N) is 2. The van der Waals surface area contributed by atoms with Crippen LogP contribution in [0.5, 0.6) is 23.0 Å². The number of fused-ring (bicyclic) bond motifs is 4. The molecule has 0 aromatic heterocycles. The van der Waals surface area contributed by atoms with Crippen molar-refractivity contribution in [1.29, 1.82) is 0 Å². The minimum Gasteiger partial charge on any atom is -0.493 e. The Hall–Kier alpha value is -7.50. The molecule has 436 valence electrons. The molecule has 3 aliphatic rings. The van der Waals surface area contributed by atoms with Gasteiger partial charge in [0.15, 0.2) is 23.0 Å². The van der Waals surface area contributed by atoms with Crippen molar-refractivity contribution >= 4 is 48.7 Å². The first-order valence-corrected chi connectivity index (χ1v) is 29.0. The molecule has 3 aliphatic heterocycles. The van der Waals surface area contributed by atoms with E-state index in [1.807, 2.05) is 17.0 Å². The number of hydrogen-bond donors (Lipinski definition) is 7. The second-order valence-electron chi connectivity index (χ2n) is 20.8. The summed E-state index contributed by atoms with van der Waals surface area (Å²) in [5.74, 6) is 1.12. The smallest absolute Gasteiger partial charge is 0.410 e. The van der Waals surface area contributed by atoms with E-state index < -0.39 is 55.4 Å². The number of carbonyl (C=O) groups is 5. The van der Waals surface area contributed by atoms with Gasteiger partial charge in [0, 0.05) is 54.8 Å². The van der Waals surface area contributed by atoms with Crippen LogP contribution in [-0.4, -0.2) is 125 Å². The molecule has 1 saturated heterocycles. The fraction of sp³-hybridized carbons (Fsp3) is 0.475. The SMILES string of the molecule is C#CP(=O)(Nc1ccc(C(=O)N[C@H](C(=O)N[C@@H](CCCNC(N)=O)C(=O)Nc2ccc(COC(=O)N3CCc4cc(OC)c(OC)cc4[C@H]3C[C@H]3C[C@H]4c5cc(OC)c(OC)cc5CCN4C[C@@H]3CC)cc2)C(C)C)cc1)OCCO. The summed E-state index contributed by atoms with van der Waals surface area (Å²) in [5, 5.41) is 22.6. The highest BCUT2D eigenvalue weighted by Crippen LogP contribution is 2.50. The Balaban J connectivity index is 1.02. The second kappa shape index (κ2) is 28.3. The lowest BCUT2D eigenvalue weighted by Crippen LogP contribution is -2.54. The number of aliphatic hydroxyl groups excluding tert-OH is 1. The summed E-state index contributed by atoms with van der Waals surface area (Å²) >= 11 is 0. The summed E-state index contributed by atoms with van der Waals surface area (Å²) < 4.78 is 47.0. The molecule has 8 N–H and O–H groups in total. The fourth-order valence-electron chi connectivity index (χ4n) is 11.1. The van der Waals surface area contributed by atoms with E-state index in [2.05, 4.69) is 56.0 Å². The van der Waals surface area contributed by atoms with Crippen LogP contribution in [0, 0.1) is 29.8 Å². The van der Waals surface area contributed by atoms with Crippen LogP contribution in [-0.2, 0) is 42.9 Å². The molecule has 0 saturated carbocycles. The Morgan fingerprint density at radius 1 is 0.815 bits per heavy atom. The third-order valence-electron chi connectivity index (χ3n) is 15.4. The van der Waals surface area contributed by atoms with Crippen LogP contribution in [0.3, 0.4) is 0 Å². The summed E-state index contributed by atoms with van der Waals surface area (Å²) in [6, 6.07) is 17.9. The van der Waals surface area contributed by atoms with Gasteiger partial charge in [0.1, 0.15) is 18.7 Å². The number of anilines is 2. The Morgan fingerprint density at radius 3 is 2.04 bits per heavy atom. The van der Waals surface area contributed by atoms with Gasteiger partial charge in [-0.15, -0.1) is 6.42 Å². The monoisotopic (exact) mass is 1140 g/mol. The van der Waals surface area contributed by atoms with E-state index in [-0.39, 0.29) is 62.8 Å². The van der Waals surface area contributed by atoms with Gasteiger partial charge in [-0.25, -0.2) is 9.59 Å². The highest BCUT2D eigenvalue weighted by atomic mass is 31.2. The van der Waals surface area contributed by atoms with Crippen molar-refractivity contribution in [2.45, 2.75) is 96.5 Å². The Bertz CT molecular complexity index is 2950. The summed E-state index contributed by atoms with van der Waals surface area (Å²) in [4.78, 5) is 71.7. The van der Waals surface area contributed by atoms with Gasteiger partial charge in [-0.1, -0.05) is 39.3 Å². The molecule has 0 aliphatic carbocycles. The average molecular weight is 1140 g/mol. The zero-order chi connectivity index (χ0) is 58.4. The van der Waals surface area contributed by atoms with Gasteiger partial charge in [-0.05, 0) is 145 Å². The lowest BCUT2D eigenvalue weighted by Gasteiger charge is -2.49. The number of primary amides is 1. The number of terminal acetylenes is 1. The van der Waals surface area contributed by atoms with Crippen LogP contribution < -0.4 is 51.0 Å². The fourth-order valence-corrected chi connectivity index (χ4v) is 12.2. The van der Waals surface area contributed by atoms with Crippen molar-refractivity contribution in [3.8, 4) is 35.1 Å². The zero-order valence-corrected chi connectivity index (χ0v) is 48.1. The molecule has 0 bridgehead atoms. The van der Waals surface area contributed by atoms with Crippen molar-refractivity contribution in [2.24, 2.45) is 23.5 Å². The molecule has 7 rings (SSSR count). The minimum absolute atomic E-state index is 0.0433. The molecule has 6 amide bonds. The maximum Gasteiger partial charge on any atom is 0.410 e. The molecule has 21 nitrogen and oxygen atoms in total. The van der Waals surface area contributed by atoms with Crippen LogP contribution >= 0.6 is 7.52 Å². The second-order valence-corrected chi connectivity index (χ2v) is 22.6. The number of ether oxygens (including phenoxy) is 5. The molecule has 1 unspecified atom stereocenters. The largest absolute Gasteiger partial charge is 0.493 e. The summed E-state index contributed by atoms with van der Waals surface area (Å²) in [6.07, 6.45) is 9.44. The van der Waals surface area contributed by atoms with Crippen molar-refractivity contribution < 1.29 is 61.9 Å². The highest BCUT2D eigenvalue weighted by Gasteiger charge is 2.43. The summed E-state index contributed by atoms with van der Waals surface area (Å²) in [6.45, 7) is 7.52. The number of hydrogen-bond acceptors (Lipinski definition) is 14. The standard InChI is InChI=1S/C59H77N8O13P/c1-9-38-34-66-24-21-40-30-50(75-5)52(77-7)32-45(40)48(66)28-42(38)29-49-46-33-53(78-8)51(76-6)31-41(46)22-25-67(49)59(73)79-35-37-13-17-43(18-14-37)62-56(70)47(12-11-23-61-58(60)72)63-57(71)54(36(3)4)64-55(69)39-15-19-44(20-16-39)65-81(74,10-2)80-27-26-68/h2,13-20,30-33,36,38,42,47-49,54,68H,9,11-12,21-29,34-35H2,1,3-8H3,(H,62,70)(H,63,71)(H,64,69)(H,65,74)(H3,60,61,72)/t38-,42+,47-,48-,49+,54-,81?/m0/s1. The van der Waals surface area contributed by atoms with Gasteiger partial charge in [0.25, 0.3) is 5.91 Å². The number of nitrogens with two attached hydrogens (primary N) is 1. The highest BCUT2D eigenvalue weighted by molar-refractivity contribution is 7.65. The van der Waals surface area contributed by atoms with E-state index in [0.717, 1.165) is 49.2 Å². The van der Waals surface area contributed by atoms with Gasteiger partial charge in [-0.2, -0.15) is 0 Å². The van der Waals surface area contributed by atoms with Crippen molar-refractivity contribution in [1.82, 2.24) is 25.8 Å². The summed E-state index contributed by atoms with van der Waals surface area (Å²) in [5.41, 5.74) is 13.5. The predicted molar refractivity (Wildman–Crippen MR) is 306 cm³/mol. The minimum atomic E-state index is -3.75. The number of carbonyl (C=O) groups excluding carboxylic acids is 5. The van der Waals surface area contributed by atoms with Crippen molar-refractivity contribution in [2.75, 3.05) is 78.2 Å². The van der Waals surface area contributed by atoms with Crippen LogP contribution in [0.2, 0.25) is 0 Å². The zero-order valence-electron chi connectivity index (χ0n) is 47.2. The van der Waals surface area contributed by atoms with Gasteiger partial charge >= 0.3 is 19.6 Å². The molecule has 0 spiro atoms. The summed E-state index contributed by atoms with van der Waals surface area (Å²) in [7, 11) is 2.81. The van der Waals surface area contributed by atoms with E-state index in [1.165, 1.54) is 35.4 Å². The molecule has 3 heterocycles. The number of methoxy groups -OCH3 is 4. The number of piperidine rings is 1. The Morgan fingerprint density at radius 2 is 1.43 bits per heavy atom. The van der Waals surface area contributed by atoms with E-state index in [0.29, 0.717) is 59.5 Å². The van der Waals surface area contributed by atoms with Gasteiger partial charge in [0.2, 0.25) is 11.8 Å². The number of rotatable bonds is 25. The van der Waals surface area contributed by atoms with Crippen LogP contribution in [0.1, 0.15) is 103 Å². The van der Waals surface area contributed by atoms with Crippen LogP contribution in [0.25, 0.3) is 0 Å². The topological polar surface area (TPSA) is 271 Å². The van der Waals surface area contributed by atoms with Crippen molar-refractivity contribution in [3.05, 3.63) is 106 Å². The van der Waals surface area contributed by atoms with Gasteiger partial charge in [-0.3, -0.25) is 23.8 Å². The first-order valence-electron chi connectivity index (χ1n) is 27.4. The molecule has 4 aromatic rings. The molecule has 81 heavy (non-hydrogen) atoms.